The molecular weight excluding hydrogens is 328 g/mol. The van der Waals surface area contributed by atoms with E-state index in [4.69, 9.17) is 4.74 Å². The second-order valence-electron chi connectivity index (χ2n) is 6.97. The maximum absolute atomic E-state index is 12.7. The standard InChI is InChI=1S/C20H28N4O2/c1-23(16-8-11-21-12-9-16)14-19(25)24(2)13-15-6-7-18(26-3)20-17(15)5-4-10-22-20/h4-7,10,16,21H,8-9,11-14H2,1-3H3. The number of carbonyl (C=O) groups is 1. The van der Waals surface area contributed by atoms with E-state index < -0.39 is 0 Å². The smallest absolute Gasteiger partial charge is 0.236 e. The van der Waals surface area contributed by atoms with Crippen LogP contribution in [0.25, 0.3) is 10.9 Å². The molecule has 0 spiro atoms. The summed E-state index contributed by atoms with van der Waals surface area (Å²) in [6, 6.07) is 8.37. The molecule has 2 heterocycles. The van der Waals surface area contributed by atoms with E-state index in [1.807, 2.05) is 31.3 Å². The number of hydrogen-bond acceptors (Lipinski definition) is 5. The van der Waals surface area contributed by atoms with E-state index in [1.54, 1.807) is 18.2 Å². The van der Waals surface area contributed by atoms with Gasteiger partial charge in [-0.25, -0.2) is 0 Å². The number of pyridine rings is 1. The van der Waals surface area contributed by atoms with Gasteiger partial charge in [-0.05, 0) is 50.7 Å². The fourth-order valence-electron chi connectivity index (χ4n) is 3.56. The van der Waals surface area contributed by atoms with Crippen molar-refractivity contribution in [3.63, 3.8) is 0 Å². The number of piperidine rings is 1. The SMILES string of the molecule is COc1ccc(CN(C)C(=O)CN(C)C2CCNCC2)c2cccnc12. The van der Waals surface area contributed by atoms with Gasteiger partial charge in [0.15, 0.2) is 0 Å². The Morgan fingerprint density at radius 1 is 1.27 bits per heavy atom. The van der Waals surface area contributed by atoms with Crippen molar-refractivity contribution in [3.8, 4) is 5.75 Å². The highest BCUT2D eigenvalue weighted by molar-refractivity contribution is 5.88. The Morgan fingerprint density at radius 2 is 2.04 bits per heavy atom. The van der Waals surface area contributed by atoms with Crippen LogP contribution < -0.4 is 10.1 Å². The van der Waals surface area contributed by atoms with Crippen LogP contribution in [0, 0.1) is 0 Å². The summed E-state index contributed by atoms with van der Waals surface area (Å²) in [6.07, 6.45) is 3.96. The van der Waals surface area contributed by atoms with Gasteiger partial charge in [0.2, 0.25) is 5.91 Å². The molecule has 3 rings (SSSR count). The lowest BCUT2D eigenvalue weighted by atomic mass is 10.1. The maximum Gasteiger partial charge on any atom is 0.236 e. The first-order chi connectivity index (χ1) is 12.6. The minimum Gasteiger partial charge on any atom is -0.494 e. The van der Waals surface area contributed by atoms with Crippen molar-refractivity contribution in [2.75, 3.05) is 40.8 Å². The average molecular weight is 356 g/mol. The van der Waals surface area contributed by atoms with Crippen LogP contribution >= 0.6 is 0 Å². The van der Waals surface area contributed by atoms with E-state index >= 15 is 0 Å². The summed E-state index contributed by atoms with van der Waals surface area (Å²) in [5, 5.41) is 4.39. The monoisotopic (exact) mass is 356 g/mol. The highest BCUT2D eigenvalue weighted by Crippen LogP contribution is 2.27. The van der Waals surface area contributed by atoms with Gasteiger partial charge >= 0.3 is 0 Å². The van der Waals surface area contributed by atoms with Crippen molar-refractivity contribution in [1.29, 1.82) is 0 Å². The zero-order valence-corrected chi connectivity index (χ0v) is 15.9. The van der Waals surface area contributed by atoms with Crippen LogP contribution in [0.15, 0.2) is 30.5 Å². The molecular formula is C20H28N4O2. The summed E-state index contributed by atoms with van der Waals surface area (Å²) in [4.78, 5) is 21.1. The number of methoxy groups -OCH3 is 1. The molecule has 1 aromatic carbocycles. The van der Waals surface area contributed by atoms with E-state index in [9.17, 15) is 4.79 Å². The van der Waals surface area contributed by atoms with Gasteiger partial charge in [-0.2, -0.15) is 0 Å². The normalized spacial score (nSPS) is 15.4. The molecule has 26 heavy (non-hydrogen) atoms. The minimum atomic E-state index is 0.138. The quantitative estimate of drug-likeness (QED) is 0.857. The van der Waals surface area contributed by atoms with Crippen LogP contribution in [-0.2, 0) is 11.3 Å². The van der Waals surface area contributed by atoms with Crippen molar-refractivity contribution in [2.45, 2.75) is 25.4 Å². The largest absolute Gasteiger partial charge is 0.494 e. The fraction of sp³-hybridized carbons (Fsp3) is 0.500. The van der Waals surface area contributed by atoms with Gasteiger partial charge in [-0.3, -0.25) is 14.7 Å². The minimum absolute atomic E-state index is 0.138. The average Bonchev–Trinajstić information content (AvgIpc) is 2.68. The number of ether oxygens (including phenoxy) is 1. The van der Waals surface area contributed by atoms with Gasteiger partial charge in [0, 0.05) is 31.2 Å². The summed E-state index contributed by atoms with van der Waals surface area (Å²) in [5.74, 6) is 0.892. The molecule has 1 saturated heterocycles. The molecule has 6 heteroatoms. The van der Waals surface area contributed by atoms with Gasteiger partial charge in [0.1, 0.15) is 11.3 Å². The highest BCUT2D eigenvalue weighted by Gasteiger charge is 2.21. The third kappa shape index (κ3) is 4.14. The Balaban J connectivity index is 1.68. The zero-order chi connectivity index (χ0) is 18.5. The molecule has 6 nitrogen and oxygen atoms in total. The third-order valence-electron chi connectivity index (χ3n) is 5.19. The Morgan fingerprint density at radius 3 is 2.77 bits per heavy atom. The molecule has 1 N–H and O–H groups in total. The molecule has 1 aliphatic heterocycles. The number of rotatable bonds is 6. The van der Waals surface area contributed by atoms with Gasteiger partial charge in [-0.15, -0.1) is 0 Å². The molecule has 1 aliphatic rings. The molecule has 140 valence electrons. The van der Waals surface area contributed by atoms with Crippen molar-refractivity contribution >= 4 is 16.8 Å². The summed E-state index contributed by atoms with van der Waals surface area (Å²) in [6.45, 7) is 3.08. The first-order valence-electron chi connectivity index (χ1n) is 9.15. The second-order valence-corrected chi connectivity index (χ2v) is 6.97. The number of benzene rings is 1. The van der Waals surface area contributed by atoms with Crippen molar-refractivity contribution < 1.29 is 9.53 Å². The van der Waals surface area contributed by atoms with Crippen LogP contribution in [0.4, 0.5) is 0 Å². The van der Waals surface area contributed by atoms with Gasteiger partial charge in [-0.1, -0.05) is 12.1 Å². The third-order valence-corrected chi connectivity index (χ3v) is 5.19. The number of hydrogen-bond donors (Lipinski definition) is 1. The maximum atomic E-state index is 12.7. The van der Waals surface area contributed by atoms with Gasteiger partial charge in [0.05, 0.1) is 13.7 Å². The molecule has 0 saturated carbocycles. The topological polar surface area (TPSA) is 57.7 Å². The lowest BCUT2D eigenvalue weighted by Crippen LogP contribution is -2.45. The summed E-state index contributed by atoms with van der Waals surface area (Å²) in [5.41, 5.74) is 1.91. The van der Waals surface area contributed by atoms with Gasteiger partial charge < -0.3 is 15.0 Å². The number of aromatic nitrogens is 1. The number of fused-ring (bicyclic) bond motifs is 1. The molecule has 1 aromatic heterocycles. The van der Waals surface area contributed by atoms with E-state index in [0.29, 0.717) is 19.1 Å². The van der Waals surface area contributed by atoms with E-state index in [2.05, 4.69) is 22.2 Å². The Labute approximate surface area is 155 Å². The number of amides is 1. The van der Waals surface area contributed by atoms with Crippen molar-refractivity contribution in [3.05, 3.63) is 36.0 Å². The summed E-state index contributed by atoms with van der Waals surface area (Å²) < 4.78 is 5.40. The first-order valence-corrected chi connectivity index (χ1v) is 9.15. The molecule has 0 bridgehead atoms. The predicted octanol–water partition coefficient (Wildman–Crippen LogP) is 1.89. The predicted molar refractivity (Wildman–Crippen MR) is 103 cm³/mol. The van der Waals surface area contributed by atoms with Crippen LogP contribution in [0.1, 0.15) is 18.4 Å². The van der Waals surface area contributed by atoms with Crippen LogP contribution in [-0.4, -0.2) is 67.6 Å². The van der Waals surface area contributed by atoms with Gasteiger partial charge in [0.25, 0.3) is 0 Å². The number of likely N-dealkylation sites (N-methyl/N-ethyl adjacent to an activating group) is 2. The lowest BCUT2D eigenvalue weighted by molar-refractivity contribution is -0.131. The number of carbonyl (C=O) groups excluding carboxylic acids is 1. The highest BCUT2D eigenvalue weighted by atomic mass is 16.5. The van der Waals surface area contributed by atoms with E-state index in [1.165, 1.54) is 0 Å². The summed E-state index contributed by atoms with van der Waals surface area (Å²) >= 11 is 0. The number of nitrogens with zero attached hydrogens (tertiary/aromatic N) is 3. The zero-order valence-electron chi connectivity index (χ0n) is 15.9. The van der Waals surface area contributed by atoms with Crippen LogP contribution in [0.5, 0.6) is 5.75 Å². The van der Waals surface area contributed by atoms with E-state index in [0.717, 1.165) is 48.1 Å². The molecule has 0 atom stereocenters. The Kier molecular flexibility index (Phi) is 6.06. The molecule has 0 aliphatic carbocycles. The second kappa shape index (κ2) is 8.47. The lowest BCUT2D eigenvalue weighted by Gasteiger charge is -2.32. The molecule has 1 amide bonds. The Bertz CT molecular complexity index is 759. The van der Waals surface area contributed by atoms with Crippen LogP contribution in [0.2, 0.25) is 0 Å². The first kappa shape index (κ1) is 18.6. The molecule has 2 aromatic rings. The molecule has 1 fully saturated rings. The summed E-state index contributed by atoms with van der Waals surface area (Å²) in [7, 11) is 5.56. The van der Waals surface area contributed by atoms with E-state index in [-0.39, 0.29) is 5.91 Å². The van der Waals surface area contributed by atoms with Crippen molar-refractivity contribution in [1.82, 2.24) is 20.1 Å². The fourth-order valence-corrected chi connectivity index (χ4v) is 3.56. The Hall–Kier alpha value is -2.18. The molecule has 0 radical (unpaired) electrons. The van der Waals surface area contributed by atoms with Crippen molar-refractivity contribution in [2.24, 2.45) is 0 Å². The molecule has 0 unspecified atom stereocenters. The number of nitrogens with one attached hydrogen (secondary N) is 1. The van der Waals surface area contributed by atoms with Crippen LogP contribution in [0.3, 0.4) is 0 Å².